The first kappa shape index (κ1) is 12.9. The van der Waals surface area contributed by atoms with Crippen molar-refractivity contribution < 1.29 is 14.3 Å². The third-order valence-electron chi connectivity index (χ3n) is 3.31. The van der Waals surface area contributed by atoms with Crippen LogP contribution in [0.25, 0.3) is 0 Å². The molecule has 0 radical (unpaired) electrons. The summed E-state index contributed by atoms with van der Waals surface area (Å²) in [6.07, 6.45) is 2.22. The maximum absolute atomic E-state index is 12.1. The van der Waals surface area contributed by atoms with Crippen LogP contribution in [0.4, 0.5) is 0 Å². The number of rotatable bonds is 5. The fourth-order valence-electron chi connectivity index (χ4n) is 2.03. The molecule has 1 aromatic carbocycles. The zero-order valence-electron chi connectivity index (χ0n) is 11.0. The first-order valence-corrected chi connectivity index (χ1v) is 6.11. The van der Waals surface area contributed by atoms with Crippen LogP contribution in [0, 0.1) is 0 Å². The highest BCUT2D eigenvalue weighted by Gasteiger charge is 2.41. The minimum atomic E-state index is -0.815. The fraction of sp³-hybridized carbons (Fsp3) is 0.500. The van der Waals surface area contributed by atoms with E-state index in [1.807, 2.05) is 31.2 Å². The van der Waals surface area contributed by atoms with Gasteiger partial charge in [0.2, 0.25) is 0 Å². The van der Waals surface area contributed by atoms with E-state index in [2.05, 4.69) is 5.32 Å². The van der Waals surface area contributed by atoms with Gasteiger partial charge in [0.15, 0.2) is 0 Å². The predicted molar refractivity (Wildman–Crippen MR) is 68.5 cm³/mol. The molecule has 98 valence electrons. The second-order valence-electron chi connectivity index (χ2n) is 4.77. The molecular formula is C14H19NO3. The van der Waals surface area contributed by atoms with Gasteiger partial charge in [-0.05, 0) is 37.5 Å². The Labute approximate surface area is 107 Å². The molecule has 1 aliphatic rings. The number of hydrogen-bond acceptors (Lipinski definition) is 4. The summed E-state index contributed by atoms with van der Waals surface area (Å²) >= 11 is 0. The third-order valence-corrected chi connectivity index (χ3v) is 3.31. The summed E-state index contributed by atoms with van der Waals surface area (Å²) in [7, 11) is 3.03. The number of carbonyl (C=O) groups excluding carboxylic acids is 1. The van der Waals surface area contributed by atoms with Crippen molar-refractivity contribution in [1.82, 2.24) is 5.32 Å². The van der Waals surface area contributed by atoms with Gasteiger partial charge in [-0.2, -0.15) is 0 Å². The van der Waals surface area contributed by atoms with E-state index in [9.17, 15) is 4.79 Å². The summed E-state index contributed by atoms with van der Waals surface area (Å²) in [4.78, 5) is 12.1. The van der Waals surface area contributed by atoms with Gasteiger partial charge in [-0.15, -0.1) is 0 Å². The Morgan fingerprint density at radius 2 is 2.11 bits per heavy atom. The second-order valence-corrected chi connectivity index (χ2v) is 4.77. The second kappa shape index (κ2) is 4.98. The number of hydrogen-bond donors (Lipinski definition) is 1. The molecule has 0 spiro atoms. The Kier molecular flexibility index (Phi) is 3.57. The van der Waals surface area contributed by atoms with Gasteiger partial charge in [0.25, 0.3) is 0 Å². The van der Waals surface area contributed by atoms with Gasteiger partial charge >= 0.3 is 5.97 Å². The summed E-state index contributed by atoms with van der Waals surface area (Å²) in [6, 6.07) is 7.92. The van der Waals surface area contributed by atoms with E-state index in [-0.39, 0.29) is 5.97 Å². The quantitative estimate of drug-likeness (QED) is 0.809. The van der Waals surface area contributed by atoms with Crippen molar-refractivity contribution in [1.29, 1.82) is 0 Å². The van der Waals surface area contributed by atoms with Crippen LogP contribution >= 0.6 is 0 Å². The molecular weight excluding hydrogens is 230 g/mol. The highest BCUT2D eigenvalue weighted by atomic mass is 16.5. The van der Waals surface area contributed by atoms with Crippen LogP contribution < -0.4 is 10.1 Å². The molecule has 1 aromatic rings. The lowest BCUT2D eigenvalue weighted by Crippen LogP contribution is -2.48. The van der Waals surface area contributed by atoms with Crippen LogP contribution in [0.15, 0.2) is 24.3 Å². The molecule has 0 bridgehead atoms. The molecule has 1 saturated carbocycles. The van der Waals surface area contributed by atoms with Gasteiger partial charge in [-0.1, -0.05) is 12.1 Å². The molecule has 4 heteroatoms. The molecule has 1 fully saturated rings. The van der Waals surface area contributed by atoms with Crippen LogP contribution in [0.3, 0.4) is 0 Å². The Hall–Kier alpha value is -1.55. The average Bonchev–Trinajstić information content (AvgIpc) is 3.21. The first-order valence-electron chi connectivity index (χ1n) is 6.11. The van der Waals surface area contributed by atoms with Crippen LogP contribution in [0.5, 0.6) is 5.75 Å². The minimum Gasteiger partial charge on any atom is -0.497 e. The molecule has 0 heterocycles. The van der Waals surface area contributed by atoms with Crippen molar-refractivity contribution in [2.45, 2.75) is 31.3 Å². The van der Waals surface area contributed by atoms with Gasteiger partial charge in [-0.3, -0.25) is 5.32 Å². The zero-order valence-corrected chi connectivity index (χ0v) is 11.0. The van der Waals surface area contributed by atoms with E-state index in [0.29, 0.717) is 6.04 Å². The maximum atomic E-state index is 12.1. The summed E-state index contributed by atoms with van der Waals surface area (Å²) < 4.78 is 10.1. The van der Waals surface area contributed by atoms with Gasteiger partial charge in [0, 0.05) is 6.04 Å². The lowest BCUT2D eigenvalue weighted by molar-refractivity contribution is -0.148. The SMILES string of the molecule is COC(=O)C(C)(NC1CC1)c1cccc(OC)c1. The van der Waals surface area contributed by atoms with Crippen molar-refractivity contribution >= 4 is 5.97 Å². The summed E-state index contributed by atoms with van der Waals surface area (Å²) in [6.45, 7) is 1.85. The van der Waals surface area contributed by atoms with E-state index < -0.39 is 5.54 Å². The average molecular weight is 249 g/mol. The smallest absolute Gasteiger partial charge is 0.330 e. The normalized spacial score (nSPS) is 17.9. The van der Waals surface area contributed by atoms with E-state index in [1.54, 1.807) is 7.11 Å². The van der Waals surface area contributed by atoms with Crippen molar-refractivity contribution in [3.05, 3.63) is 29.8 Å². The number of ether oxygens (including phenoxy) is 2. The van der Waals surface area contributed by atoms with Crippen molar-refractivity contribution in [3.8, 4) is 5.75 Å². The zero-order chi connectivity index (χ0) is 13.2. The topological polar surface area (TPSA) is 47.6 Å². The third kappa shape index (κ3) is 2.48. The largest absolute Gasteiger partial charge is 0.497 e. The van der Waals surface area contributed by atoms with Crippen molar-refractivity contribution in [3.63, 3.8) is 0 Å². The summed E-state index contributed by atoms with van der Waals surface area (Å²) in [5.41, 5.74) is 0.0466. The molecule has 4 nitrogen and oxygen atoms in total. The molecule has 0 saturated heterocycles. The highest BCUT2D eigenvalue weighted by molar-refractivity contribution is 5.82. The number of esters is 1. The Balaban J connectivity index is 2.34. The number of nitrogens with one attached hydrogen (secondary N) is 1. The predicted octanol–water partition coefficient (Wildman–Crippen LogP) is 1.84. The molecule has 1 atom stereocenters. The van der Waals surface area contributed by atoms with Crippen LogP contribution in [0.2, 0.25) is 0 Å². The number of benzene rings is 1. The molecule has 2 rings (SSSR count). The lowest BCUT2D eigenvalue weighted by atomic mass is 9.91. The Bertz CT molecular complexity index is 442. The van der Waals surface area contributed by atoms with Crippen LogP contribution in [0.1, 0.15) is 25.3 Å². The number of carbonyl (C=O) groups is 1. The highest BCUT2D eigenvalue weighted by Crippen LogP contribution is 2.31. The van der Waals surface area contributed by atoms with Gasteiger partial charge in [-0.25, -0.2) is 4.79 Å². The van der Waals surface area contributed by atoms with Gasteiger partial charge in [0.05, 0.1) is 14.2 Å². The van der Waals surface area contributed by atoms with Gasteiger partial charge < -0.3 is 9.47 Å². The molecule has 1 N–H and O–H groups in total. The Morgan fingerprint density at radius 1 is 1.39 bits per heavy atom. The Morgan fingerprint density at radius 3 is 2.67 bits per heavy atom. The molecule has 0 aliphatic heterocycles. The van der Waals surface area contributed by atoms with Crippen molar-refractivity contribution in [2.75, 3.05) is 14.2 Å². The lowest BCUT2D eigenvalue weighted by Gasteiger charge is -2.29. The van der Waals surface area contributed by atoms with E-state index in [0.717, 1.165) is 24.2 Å². The molecule has 1 unspecified atom stereocenters. The molecule has 18 heavy (non-hydrogen) atoms. The molecule has 0 amide bonds. The van der Waals surface area contributed by atoms with Gasteiger partial charge in [0.1, 0.15) is 11.3 Å². The molecule has 1 aliphatic carbocycles. The van der Waals surface area contributed by atoms with Crippen LogP contribution in [-0.2, 0) is 15.1 Å². The van der Waals surface area contributed by atoms with E-state index in [1.165, 1.54) is 7.11 Å². The molecule has 0 aromatic heterocycles. The standard InChI is InChI=1S/C14H19NO3/c1-14(13(16)18-3,15-11-7-8-11)10-5-4-6-12(9-10)17-2/h4-6,9,11,15H,7-8H2,1-3H3. The van der Waals surface area contributed by atoms with Crippen molar-refractivity contribution in [2.24, 2.45) is 0 Å². The monoisotopic (exact) mass is 249 g/mol. The summed E-state index contributed by atoms with van der Waals surface area (Å²) in [5, 5.41) is 3.36. The number of methoxy groups -OCH3 is 2. The first-order chi connectivity index (χ1) is 8.60. The minimum absolute atomic E-state index is 0.275. The van der Waals surface area contributed by atoms with Crippen LogP contribution in [-0.4, -0.2) is 26.2 Å². The summed E-state index contributed by atoms with van der Waals surface area (Å²) in [5.74, 6) is 0.461. The maximum Gasteiger partial charge on any atom is 0.330 e. The fourth-order valence-corrected chi connectivity index (χ4v) is 2.03. The van der Waals surface area contributed by atoms with E-state index in [4.69, 9.17) is 9.47 Å². The van der Waals surface area contributed by atoms with E-state index >= 15 is 0 Å².